The Morgan fingerprint density at radius 3 is 2.07 bits per heavy atom. The van der Waals surface area contributed by atoms with Crippen LogP contribution in [-0.4, -0.2) is 8.42 Å². The van der Waals surface area contributed by atoms with E-state index < -0.39 is 9.84 Å². The van der Waals surface area contributed by atoms with Crippen LogP contribution in [0.5, 0.6) is 0 Å². The fourth-order valence-electron chi connectivity index (χ4n) is 2.37. The third kappa shape index (κ3) is 4.78. The lowest BCUT2D eigenvalue weighted by molar-refractivity contribution is 0.603. The van der Waals surface area contributed by atoms with Crippen LogP contribution in [0.4, 0.5) is 0 Å². The average Bonchev–Trinajstić information content (AvgIpc) is 2.69. The second-order valence-corrected chi connectivity index (χ2v) is 9.58. The fourth-order valence-corrected chi connectivity index (χ4v) is 4.69. The van der Waals surface area contributed by atoms with Crippen molar-refractivity contribution in [2.75, 3.05) is 0 Å². The molecular weight excluding hydrogens is 433 g/mol. The zero-order chi connectivity index (χ0) is 20.1. The minimum Gasteiger partial charge on any atom is -0.218 e. The maximum atomic E-state index is 12.8. The molecule has 0 saturated heterocycles. The summed E-state index contributed by atoms with van der Waals surface area (Å²) in [7, 11) is -3.95. The van der Waals surface area contributed by atoms with Crippen LogP contribution < -0.4 is 0 Å². The van der Waals surface area contributed by atoms with Crippen molar-refractivity contribution in [1.82, 2.24) is 0 Å². The highest BCUT2D eigenvalue weighted by Crippen LogP contribution is 2.33. The molecule has 0 radical (unpaired) electrons. The normalized spacial score (nSPS) is 11.8. The summed E-state index contributed by atoms with van der Waals surface area (Å²) in [4.78, 5) is 1.46. The van der Waals surface area contributed by atoms with Crippen molar-refractivity contribution in [3.8, 4) is 6.07 Å². The summed E-state index contributed by atoms with van der Waals surface area (Å²) in [6.07, 6.45) is 1.39. The van der Waals surface area contributed by atoms with Crippen LogP contribution in [0.2, 0.25) is 10.0 Å². The quantitative estimate of drug-likeness (QED) is 0.421. The van der Waals surface area contributed by atoms with Crippen molar-refractivity contribution < 1.29 is 8.42 Å². The monoisotopic (exact) mass is 445 g/mol. The van der Waals surface area contributed by atoms with Crippen molar-refractivity contribution in [2.45, 2.75) is 14.7 Å². The zero-order valence-corrected chi connectivity index (χ0v) is 17.5. The molecule has 0 bridgehead atoms. The van der Waals surface area contributed by atoms with Gasteiger partial charge < -0.3 is 0 Å². The molecule has 0 spiro atoms. The van der Waals surface area contributed by atoms with Crippen LogP contribution in [0, 0.1) is 11.3 Å². The van der Waals surface area contributed by atoms with E-state index in [1.807, 2.05) is 30.3 Å². The molecule has 0 atom stereocenters. The molecule has 0 aromatic heterocycles. The predicted molar refractivity (Wildman–Crippen MR) is 114 cm³/mol. The van der Waals surface area contributed by atoms with Crippen LogP contribution in [0.25, 0.3) is 6.08 Å². The van der Waals surface area contributed by atoms with Crippen molar-refractivity contribution >= 4 is 50.9 Å². The van der Waals surface area contributed by atoms with E-state index in [0.717, 1.165) is 9.79 Å². The minimum absolute atomic E-state index is 0.0209. The third-order valence-electron chi connectivity index (χ3n) is 3.77. The topological polar surface area (TPSA) is 57.9 Å². The van der Waals surface area contributed by atoms with E-state index in [0.29, 0.717) is 15.6 Å². The molecule has 0 amide bonds. The van der Waals surface area contributed by atoms with E-state index in [1.165, 1.54) is 42.1 Å². The summed E-state index contributed by atoms with van der Waals surface area (Å²) in [6.45, 7) is 0. The SMILES string of the molecule is N#C/C(=C\c1ccccc1Sc1ccc(Cl)cc1)S(=O)(=O)c1ccc(Cl)cc1. The highest BCUT2D eigenvalue weighted by molar-refractivity contribution is 7.99. The van der Waals surface area contributed by atoms with Gasteiger partial charge in [0.1, 0.15) is 11.0 Å². The van der Waals surface area contributed by atoms with E-state index in [9.17, 15) is 13.7 Å². The second kappa shape index (κ2) is 8.85. The van der Waals surface area contributed by atoms with Gasteiger partial charge in [-0.05, 0) is 66.2 Å². The predicted octanol–water partition coefficient (Wildman–Crippen LogP) is 6.48. The van der Waals surface area contributed by atoms with Gasteiger partial charge in [0, 0.05) is 19.8 Å². The van der Waals surface area contributed by atoms with Gasteiger partial charge in [0.05, 0.1) is 4.90 Å². The van der Waals surface area contributed by atoms with Crippen molar-refractivity contribution in [3.63, 3.8) is 0 Å². The molecule has 0 aliphatic heterocycles. The molecule has 3 aromatic carbocycles. The number of benzene rings is 3. The molecule has 3 nitrogen and oxygen atoms in total. The summed E-state index contributed by atoms with van der Waals surface area (Å²) in [6, 6.07) is 22.2. The van der Waals surface area contributed by atoms with Crippen LogP contribution in [0.15, 0.2) is 92.4 Å². The molecule has 0 aliphatic carbocycles. The summed E-state index contributed by atoms with van der Waals surface area (Å²) in [5, 5.41) is 10.6. The van der Waals surface area contributed by atoms with Gasteiger partial charge in [-0.25, -0.2) is 8.42 Å². The Hall–Kier alpha value is -2.23. The summed E-state index contributed by atoms with van der Waals surface area (Å²) < 4.78 is 25.7. The fraction of sp³-hybridized carbons (Fsp3) is 0. The molecule has 0 unspecified atom stereocenters. The Morgan fingerprint density at radius 2 is 1.46 bits per heavy atom. The van der Waals surface area contributed by atoms with Crippen molar-refractivity contribution in [2.24, 2.45) is 0 Å². The first kappa shape index (κ1) is 20.5. The highest BCUT2D eigenvalue weighted by Gasteiger charge is 2.21. The third-order valence-corrected chi connectivity index (χ3v) is 7.06. The number of nitriles is 1. The number of sulfone groups is 1. The number of nitrogens with zero attached hydrogens (tertiary/aromatic N) is 1. The maximum absolute atomic E-state index is 12.8. The molecular formula is C21H13Cl2NO2S2. The van der Waals surface area contributed by atoms with Crippen LogP contribution in [0.3, 0.4) is 0 Å². The minimum atomic E-state index is -3.95. The second-order valence-electron chi connectivity index (χ2n) is 5.67. The molecule has 28 heavy (non-hydrogen) atoms. The Bertz CT molecular complexity index is 1160. The number of rotatable bonds is 5. The Morgan fingerprint density at radius 1 is 0.893 bits per heavy atom. The molecule has 0 heterocycles. The Balaban J connectivity index is 2.00. The number of hydrogen-bond acceptors (Lipinski definition) is 4. The molecule has 3 aromatic rings. The van der Waals surface area contributed by atoms with Crippen LogP contribution in [-0.2, 0) is 9.84 Å². The van der Waals surface area contributed by atoms with E-state index in [1.54, 1.807) is 24.3 Å². The van der Waals surface area contributed by atoms with Gasteiger partial charge in [-0.1, -0.05) is 53.2 Å². The first-order valence-corrected chi connectivity index (χ1v) is 11.1. The maximum Gasteiger partial charge on any atom is 0.216 e. The molecule has 0 aliphatic rings. The summed E-state index contributed by atoms with van der Waals surface area (Å²) in [5.74, 6) is 0. The van der Waals surface area contributed by atoms with Gasteiger partial charge >= 0.3 is 0 Å². The van der Waals surface area contributed by atoms with E-state index >= 15 is 0 Å². The molecule has 7 heteroatoms. The zero-order valence-electron chi connectivity index (χ0n) is 14.3. The van der Waals surface area contributed by atoms with Gasteiger partial charge in [-0.15, -0.1) is 0 Å². The average molecular weight is 446 g/mol. The van der Waals surface area contributed by atoms with Crippen LogP contribution >= 0.6 is 35.0 Å². The molecule has 140 valence electrons. The van der Waals surface area contributed by atoms with Crippen molar-refractivity contribution in [1.29, 1.82) is 5.26 Å². The lowest BCUT2D eigenvalue weighted by Crippen LogP contribution is -2.03. The lowest BCUT2D eigenvalue weighted by atomic mass is 10.2. The smallest absolute Gasteiger partial charge is 0.216 e. The summed E-state index contributed by atoms with van der Waals surface area (Å²) >= 11 is 13.2. The number of allylic oxidation sites excluding steroid dienone is 1. The number of halogens is 2. The van der Waals surface area contributed by atoms with Crippen molar-refractivity contribution in [3.05, 3.63) is 93.3 Å². The summed E-state index contributed by atoms with van der Waals surface area (Å²) in [5.41, 5.74) is 0.636. The standard InChI is InChI=1S/C21H13Cl2NO2S2/c22-16-5-9-18(10-6-16)27-21-4-2-1-3-15(21)13-20(14-24)28(25,26)19-11-7-17(23)8-12-19/h1-13H/b20-13+. The Labute approximate surface area is 178 Å². The number of hydrogen-bond donors (Lipinski definition) is 0. The highest BCUT2D eigenvalue weighted by atomic mass is 35.5. The Kier molecular flexibility index (Phi) is 6.48. The van der Waals surface area contributed by atoms with E-state index in [4.69, 9.17) is 23.2 Å². The first-order chi connectivity index (χ1) is 13.4. The lowest BCUT2D eigenvalue weighted by Gasteiger charge is -2.08. The van der Waals surface area contributed by atoms with Crippen LogP contribution in [0.1, 0.15) is 5.56 Å². The largest absolute Gasteiger partial charge is 0.218 e. The van der Waals surface area contributed by atoms with E-state index in [-0.39, 0.29) is 9.80 Å². The van der Waals surface area contributed by atoms with E-state index in [2.05, 4.69) is 0 Å². The van der Waals surface area contributed by atoms with Gasteiger partial charge in [-0.3, -0.25) is 0 Å². The molecule has 0 fully saturated rings. The van der Waals surface area contributed by atoms with Gasteiger partial charge in [0.15, 0.2) is 0 Å². The van der Waals surface area contributed by atoms with Gasteiger partial charge in [-0.2, -0.15) is 5.26 Å². The molecule has 0 N–H and O–H groups in total. The molecule has 3 rings (SSSR count). The molecule has 0 saturated carbocycles. The first-order valence-electron chi connectivity index (χ1n) is 8.05. The van der Waals surface area contributed by atoms with Gasteiger partial charge in [0.2, 0.25) is 9.84 Å². The van der Waals surface area contributed by atoms with Gasteiger partial charge in [0.25, 0.3) is 0 Å².